The van der Waals surface area contributed by atoms with Gasteiger partial charge in [-0.2, -0.15) is 9.36 Å². The van der Waals surface area contributed by atoms with E-state index in [1.165, 1.54) is 17.4 Å². The molecule has 4 aromatic rings. The number of nitrogens with zero attached hydrogens (tertiary/aromatic N) is 4. The number of carbonyl (C=O) groups excluding carboxylic acids is 1. The van der Waals surface area contributed by atoms with Gasteiger partial charge in [-0.15, -0.1) is 0 Å². The lowest BCUT2D eigenvalue weighted by Crippen LogP contribution is -2.14. The fraction of sp³-hybridized carbons (Fsp3) is 0.118. The van der Waals surface area contributed by atoms with E-state index in [9.17, 15) is 13.6 Å². The number of hydrogen-bond acceptors (Lipinski definition) is 9. The second-order valence-corrected chi connectivity index (χ2v) is 7.66. The Labute approximate surface area is 170 Å². The molecule has 0 fully saturated rings. The second-order valence-electron chi connectivity index (χ2n) is 5.86. The van der Waals surface area contributed by atoms with E-state index in [2.05, 4.69) is 30.1 Å². The van der Waals surface area contributed by atoms with E-state index < -0.39 is 17.5 Å². The van der Waals surface area contributed by atoms with Gasteiger partial charge in [0.15, 0.2) is 22.6 Å². The predicted molar refractivity (Wildman–Crippen MR) is 105 cm³/mol. The highest BCUT2D eigenvalue weighted by Gasteiger charge is 2.21. The Morgan fingerprint density at radius 2 is 2.03 bits per heavy atom. The van der Waals surface area contributed by atoms with Crippen LogP contribution in [0, 0.1) is 25.5 Å². The molecule has 0 spiro atoms. The van der Waals surface area contributed by atoms with Gasteiger partial charge in [0, 0.05) is 11.8 Å². The lowest BCUT2D eigenvalue weighted by molar-refractivity contribution is 0.102. The summed E-state index contributed by atoms with van der Waals surface area (Å²) in [4.78, 5) is 21.7. The fourth-order valence-electron chi connectivity index (χ4n) is 2.41. The number of anilines is 3. The van der Waals surface area contributed by atoms with Gasteiger partial charge in [0.1, 0.15) is 9.88 Å². The number of benzene rings is 1. The fourth-order valence-corrected chi connectivity index (χ4v) is 4.02. The van der Waals surface area contributed by atoms with Crippen molar-refractivity contribution in [2.24, 2.45) is 0 Å². The smallest absolute Gasteiger partial charge is 0.269 e. The lowest BCUT2D eigenvalue weighted by Gasteiger charge is -2.07. The van der Waals surface area contributed by atoms with Gasteiger partial charge in [-0.25, -0.2) is 13.8 Å². The van der Waals surface area contributed by atoms with Crippen molar-refractivity contribution in [2.45, 2.75) is 13.8 Å². The maximum absolute atomic E-state index is 13.4. The molecular formula is C17H12F2N6O2S2. The molecule has 0 atom stereocenters. The largest absolute Gasteiger partial charge is 0.333 e. The topological polar surface area (TPSA) is 106 Å². The molecule has 3 heterocycles. The van der Waals surface area contributed by atoms with Crippen molar-refractivity contribution in [3.63, 3.8) is 0 Å². The molecule has 148 valence electrons. The van der Waals surface area contributed by atoms with Crippen LogP contribution in [0.25, 0.3) is 10.8 Å². The quantitative estimate of drug-likeness (QED) is 0.475. The van der Waals surface area contributed by atoms with E-state index in [4.69, 9.17) is 4.52 Å². The molecule has 8 nitrogen and oxygen atoms in total. The third kappa shape index (κ3) is 3.98. The summed E-state index contributed by atoms with van der Waals surface area (Å²) in [5.74, 6) is -1.68. The van der Waals surface area contributed by atoms with E-state index in [0.29, 0.717) is 32.4 Å². The molecule has 0 aliphatic heterocycles. The zero-order valence-electron chi connectivity index (χ0n) is 15.0. The minimum Gasteiger partial charge on any atom is -0.333 e. The Balaban J connectivity index is 1.55. The van der Waals surface area contributed by atoms with E-state index in [1.54, 1.807) is 20.0 Å². The first-order valence-electron chi connectivity index (χ1n) is 8.17. The third-order valence-corrected chi connectivity index (χ3v) is 5.49. The summed E-state index contributed by atoms with van der Waals surface area (Å²) >= 11 is 2.35. The van der Waals surface area contributed by atoms with Crippen LogP contribution in [0.4, 0.5) is 24.6 Å². The van der Waals surface area contributed by atoms with Gasteiger partial charge < -0.3 is 15.2 Å². The van der Waals surface area contributed by atoms with Gasteiger partial charge in [-0.05, 0) is 37.5 Å². The molecule has 0 aliphatic rings. The van der Waals surface area contributed by atoms with E-state index >= 15 is 0 Å². The summed E-state index contributed by atoms with van der Waals surface area (Å²) in [7, 11) is 0. The van der Waals surface area contributed by atoms with Gasteiger partial charge in [-0.3, -0.25) is 4.79 Å². The number of hydrogen-bond donors (Lipinski definition) is 2. The Hall–Kier alpha value is -3.25. The van der Waals surface area contributed by atoms with Crippen molar-refractivity contribution in [2.75, 3.05) is 10.6 Å². The van der Waals surface area contributed by atoms with E-state index in [-0.39, 0.29) is 11.3 Å². The molecular weight excluding hydrogens is 422 g/mol. The molecule has 0 unspecified atom stereocenters. The average Bonchev–Trinajstić information content (AvgIpc) is 3.39. The van der Waals surface area contributed by atoms with Crippen molar-refractivity contribution in [1.29, 1.82) is 0 Å². The number of amides is 1. The maximum atomic E-state index is 13.4. The Kier molecular flexibility index (Phi) is 5.03. The molecule has 1 aromatic carbocycles. The summed E-state index contributed by atoms with van der Waals surface area (Å²) in [5.41, 5.74) is 0.903. The first-order valence-corrected chi connectivity index (χ1v) is 9.76. The zero-order chi connectivity index (χ0) is 20.5. The minimum atomic E-state index is -1.05. The number of aryl methyl sites for hydroxylation is 2. The van der Waals surface area contributed by atoms with Crippen LogP contribution in [0.5, 0.6) is 0 Å². The van der Waals surface area contributed by atoms with Crippen LogP contribution in [0.1, 0.15) is 21.9 Å². The van der Waals surface area contributed by atoms with E-state index in [0.717, 1.165) is 23.7 Å². The highest BCUT2D eigenvalue weighted by molar-refractivity contribution is 7.19. The van der Waals surface area contributed by atoms with Crippen LogP contribution >= 0.6 is 22.9 Å². The summed E-state index contributed by atoms with van der Waals surface area (Å²) in [6.07, 6.45) is 1.58. The molecule has 0 aliphatic carbocycles. The van der Waals surface area contributed by atoms with Crippen molar-refractivity contribution in [1.82, 2.24) is 19.5 Å². The number of thiazole rings is 1. The van der Waals surface area contributed by atoms with Gasteiger partial charge in [0.05, 0.1) is 17.5 Å². The van der Waals surface area contributed by atoms with Crippen LogP contribution in [0.2, 0.25) is 0 Å². The molecule has 4 rings (SSSR count). The molecule has 12 heteroatoms. The van der Waals surface area contributed by atoms with Crippen LogP contribution in [0.3, 0.4) is 0 Å². The normalized spacial score (nSPS) is 10.9. The highest BCUT2D eigenvalue weighted by Crippen LogP contribution is 2.33. The van der Waals surface area contributed by atoms with Crippen LogP contribution in [0.15, 0.2) is 28.9 Å². The molecule has 2 N–H and O–H groups in total. The van der Waals surface area contributed by atoms with E-state index in [1.807, 2.05) is 0 Å². The van der Waals surface area contributed by atoms with Gasteiger partial charge in [-0.1, -0.05) is 16.5 Å². The lowest BCUT2D eigenvalue weighted by atomic mass is 10.2. The van der Waals surface area contributed by atoms with Gasteiger partial charge in [0.2, 0.25) is 0 Å². The van der Waals surface area contributed by atoms with Crippen molar-refractivity contribution < 1.29 is 18.1 Å². The molecule has 3 aromatic heterocycles. The van der Waals surface area contributed by atoms with Crippen LogP contribution < -0.4 is 10.6 Å². The van der Waals surface area contributed by atoms with Crippen LogP contribution in [-0.4, -0.2) is 25.4 Å². The highest BCUT2D eigenvalue weighted by atomic mass is 32.1. The predicted octanol–water partition coefficient (Wildman–Crippen LogP) is 4.54. The minimum absolute atomic E-state index is 0.133. The van der Waals surface area contributed by atoms with Gasteiger partial charge in [0.25, 0.3) is 11.8 Å². The second kappa shape index (κ2) is 7.64. The maximum Gasteiger partial charge on any atom is 0.269 e. The third-order valence-electron chi connectivity index (χ3n) is 3.73. The summed E-state index contributed by atoms with van der Waals surface area (Å²) in [6.45, 7) is 3.39. The Morgan fingerprint density at radius 3 is 2.76 bits per heavy atom. The standard InChI is InChI=1S/C17H12F2N6O2S2/c1-7-13(14(26)22-9-3-4-10(18)11(19)5-9)16(29-25-7)23-17-20-6-12(28-17)15-21-8(2)24-27-15/h3-6H,1-2H3,(H,20,23)(H,22,26). The first-order chi connectivity index (χ1) is 13.9. The SMILES string of the molecule is Cc1noc(-c2cnc(Nc3snc(C)c3C(=O)Nc3ccc(F)c(F)c3)s2)n1. The Bertz CT molecular complexity index is 1200. The zero-order valence-corrected chi connectivity index (χ0v) is 16.6. The van der Waals surface area contributed by atoms with Crippen molar-refractivity contribution in [3.8, 4) is 10.8 Å². The summed E-state index contributed by atoms with van der Waals surface area (Å²) in [6, 6.07) is 3.13. The number of halogens is 2. The van der Waals surface area contributed by atoms with Crippen molar-refractivity contribution in [3.05, 3.63) is 53.1 Å². The van der Waals surface area contributed by atoms with Crippen LogP contribution in [-0.2, 0) is 0 Å². The monoisotopic (exact) mass is 434 g/mol. The molecule has 29 heavy (non-hydrogen) atoms. The molecule has 0 radical (unpaired) electrons. The molecule has 0 saturated heterocycles. The molecule has 0 saturated carbocycles. The van der Waals surface area contributed by atoms with Gasteiger partial charge >= 0.3 is 0 Å². The summed E-state index contributed by atoms with van der Waals surface area (Å²) in [5, 5.41) is 10.3. The van der Waals surface area contributed by atoms with Crippen molar-refractivity contribution >= 4 is 44.6 Å². The first kappa shape index (κ1) is 19.1. The number of aromatic nitrogens is 4. The number of nitrogens with one attached hydrogen (secondary N) is 2. The number of rotatable bonds is 5. The average molecular weight is 434 g/mol. The molecule has 0 bridgehead atoms. The number of carbonyl (C=O) groups is 1. The molecule has 1 amide bonds. The Morgan fingerprint density at radius 1 is 1.21 bits per heavy atom. The summed E-state index contributed by atoms with van der Waals surface area (Å²) < 4.78 is 35.8.